The maximum absolute atomic E-state index is 5.62. The summed E-state index contributed by atoms with van der Waals surface area (Å²) in [6, 6.07) is 72.9. The number of fused-ring (bicyclic) bond motifs is 9. The van der Waals surface area contributed by atoms with Crippen LogP contribution < -0.4 is 0 Å². The predicted octanol–water partition coefficient (Wildman–Crippen LogP) is 15.9. The van der Waals surface area contributed by atoms with Gasteiger partial charge in [0.1, 0.15) is 5.82 Å². The third-order valence-corrected chi connectivity index (χ3v) is 14.8. The minimum absolute atomic E-state index is 0.0330. The van der Waals surface area contributed by atoms with Gasteiger partial charge in [0.05, 0.1) is 5.41 Å². The standard InChI is InChI=1S/C65H47N3/c1-42-53(34-35-57-56-30-16-19-33-60(56)65(61(42)57)58-31-17-14-28-54(58)55-29-15-18-32-59(55)65)64-67-62(51-38-47(43-20-6-2-7-21-43)36-48(39-51)44-22-8-3-9-23-44)66-63(68-64)52-40-49(45-24-10-4-11-25-45)37-50(41-52)46-26-12-5-13-27-46/h2-26,28-42,46,53H,27H2,1H3. The SMILES string of the molecule is CC1C2=C(C=CC1c1nc(-c3cc(-c4ccccc4)cc(-c4ccccc4)c3)nc(-c3cc(-c4ccccc4)cc(C4C=CC=CC4)c3)n1)c1ccccc1C21c2ccccc2-c2ccccc21. The van der Waals surface area contributed by atoms with Crippen LogP contribution in [-0.4, -0.2) is 15.0 Å². The summed E-state index contributed by atoms with van der Waals surface area (Å²) in [5, 5.41) is 0. The van der Waals surface area contributed by atoms with Crippen molar-refractivity contribution in [1.82, 2.24) is 15.0 Å². The number of allylic oxidation sites excluding steroid dienone is 8. The van der Waals surface area contributed by atoms with E-state index in [1.165, 1.54) is 50.1 Å². The summed E-state index contributed by atoms with van der Waals surface area (Å²) in [7, 11) is 0. The van der Waals surface area contributed by atoms with Crippen LogP contribution in [0.15, 0.2) is 242 Å². The lowest BCUT2D eigenvalue weighted by molar-refractivity contribution is 0.520. The average molecular weight is 870 g/mol. The molecule has 0 amide bonds. The van der Waals surface area contributed by atoms with Gasteiger partial charge in [-0.2, -0.15) is 0 Å². The molecule has 3 atom stereocenters. The molecule has 1 heterocycles. The van der Waals surface area contributed by atoms with E-state index in [0.29, 0.717) is 11.6 Å². The molecule has 0 bridgehead atoms. The Morgan fingerprint density at radius 3 is 1.43 bits per heavy atom. The first-order valence-electron chi connectivity index (χ1n) is 23.9. The van der Waals surface area contributed by atoms with Crippen LogP contribution in [0.3, 0.4) is 0 Å². The largest absolute Gasteiger partial charge is 0.212 e. The van der Waals surface area contributed by atoms with Crippen molar-refractivity contribution in [2.45, 2.75) is 30.6 Å². The summed E-state index contributed by atoms with van der Waals surface area (Å²) >= 11 is 0. The van der Waals surface area contributed by atoms with Crippen LogP contribution in [0.4, 0.5) is 0 Å². The van der Waals surface area contributed by atoms with Crippen LogP contribution in [0.1, 0.15) is 58.8 Å². The van der Waals surface area contributed by atoms with E-state index in [1.54, 1.807) is 0 Å². The van der Waals surface area contributed by atoms with E-state index in [-0.39, 0.29) is 17.8 Å². The van der Waals surface area contributed by atoms with Crippen molar-refractivity contribution < 1.29 is 0 Å². The Labute approximate surface area is 398 Å². The summed E-state index contributed by atoms with van der Waals surface area (Å²) in [6.07, 6.45) is 14.6. The fourth-order valence-corrected chi connectivity index (χ4v) is 11.7. The minimum atomic E-state index is -0.449. The summed E-state index contributed by atoms with van der Waals surface area (Å²) in [5.74, 6) is 2.23. The second kappa shape index (κ2) is 16.3. The van der Waals surface area contributed by atoms with E-state index in [1.807, 2.05) is 0 Å². The normalized spacial score (nSPS) is 18.0. The molecule has 13 rings (SSSR count). The van der Waals surface area contributed by atoms with Crippen molar-refractivity contribution in [3.05, 3.63) is 276 Å². The van der Waals surface area contributed by atoms with Gasteiger partial charge in [0, 0.05) is 23.0 Å². The van der Waals surface area contributed by atoms with E-state index in [0.717, 1.165) is 56.8 Å². The number of hydrogen-bond donors (Lipinski definition) is 0. The summed E-state index contributed by atoms with van der Waals surface area (Å²) in [6.45, 7) is 2.41. The summed E-state index contributed by atoms with van der Waals surface area (Å²) in [4.78, 5) is 16.8. The predicted molar refractivity (Wildman–Crippen MR) is 279 cm³/mol. The highest BCUT2D eigenvalue weighted by Crippen LogP contribution is 2.65. The molecule has 322 valence electrons. The molecule has 3 heteroatoms. The molecular weight excluding hydrogens is 823 g/mol. The monoisotopic (exact) mass is 869 g/mol. The lowest BCUT2D eigenvalue weighted by Crippen LogP contribution is -2.33. The Kier molecular flexibility index (Phi) is 9.57. The van der Waals surface area contributed by atoms with Gasteiger partial charge >= 0.3 is 0 Å². The quantitative estimate of drug-likeness (QED) is 0.160. The molecule has 1 aromatic heterocycles. The van der Waals surface area contributed by atoms with Gasteiger partial charge in [-0.15, -0.1) is 0 Å². The highest BCUT2D eigenvalue weighted by atomic mass is 15.0. The second-order valence-corrected chi connectivity index (χ2v) is 18.6. The van der Waals surface area contributed by atoms with Crippen LogP contribution in [-0.2, 0) is 5.41 Å². The average Bonchev–Trinajstić information content (AvgIpc) is 3.89. The van der Waals surface area contributed by atoms with Gasteiger partial charge in [-0.25, -0.2) is 15.0 Å². The van der Waals surface area contributed by atoms with E-state index in [4.69, 9.17) is 15.0 Å². The fourth-order valence-electron chi connectivity index (χ4n) is 11.7. The number of hydrogen-bond acceptors (Lipinski definition) is 3. The number of aromatic nitrogens is 3. The van der Waals surface area contributed by atoms with Crippen molar-refractivity contribution >= 4 is 5.57 Å². The first-order valence-corrected chi connectivity index (χ1v) is 23.9. The highest BCUT2D eigenvalue weighted by Gasteiger charge is 2.55. The minimum Gasteiger partial charge on any atom is -0.212 e. The second-order valence-electron chi connectivity index (χ2n) is 18.6. The Hall–Kier alpha value is -8.27. The zero-order valence-corrected chi connectivity index (χ0v) is 37.8. The highest BCUT2D eigenvalue weighted by molar-refractivity contribution is 5.97. The summed E-state index contributed by atoms with van der Waals surface area (Å²) < 4.78 is 0. The van der Waals surface area contributed by atoms with Gasteiger partial charge in [-0.1, -0.05) is 213 Å². The molecule has 1 spiro atoms. The third-order valence-electron chi connectivity index (χ3n) is 14.8. The van der Waals surface area contributed by atoms with E-state index in [2.05, 4.69) is 244 Å². The van der Waals surface area contributed by atoms with Gasteiger partial charge in [0.25, 0.3) is 0 Å². The van der Waals surface area contributed by atoms with Gasteiger partial charge in [0.15, 0.2) is 11.6 Å². The molecule has 0 fully saturated rings. The number of rotatable bonds is 7. The Morgan fingerprint density at radius 2 is 0.882 bits per heavy atom. The lowest BCUT2D eigenvalue weighted by atomic mass is 9.63. The van der Waals surface area contributed by atoms with Crippen LogP contribution >= 0.6 is 0 Å². The maximum atomic E-state index is 5.62. The molecule has 3 unspecified atom stereocenters. The van der Waals surface area contributed by atoms with Crippen molar-refractivity contribution in [1.29, 1.82) is 0 Å². The van der Waals surface area contributed by atoms with Crippen LogP contribution in [0.2, 0.25) is 0 Å². The van der Waals surface area contributed by atoms with Crippen molar-refractivity contribution in [3.8, 4) is 67.3 Å². The van der Waals surface area contributed by atoms with Gasteiger partial charge in [0.2, 0.25) is 0 Å². The molecule has 3 nitrogen and oxygen atoms in total. The number of benzene rings is 8. The molecular formula is C65H47N3. The zero-order chi connectivity index (χ0) is 45.2. The van der Waals surface area contributed by atoms with E-state index >= 15 is 0 Å². The van der Waals surface area contributed by atoms with Crippen LogP contribution in [0.5, 0.6) is 0 Å². The van der Waals surface area contributed by atoms with Gasteiger partial charge in [-0.3, -0.25) is 0 Å². The summed E-state index contributed by atoms with van der Waals surface area (Å²) in [5.41, 5.74) is 20.2. The van der Waals surface area contributed by atoms with E-state index < -0.39 is 5.41 Å². The first-order chi connectivity index (χ1) is 33.6. The first kappa shape index (κ1) is 40.0. The van der Waals surface area contributed by atoms with Gasteiger partial charge in [-0.05, 0) is 126 Å². The molecule has 4 aliphatic rings. The maximum Gasteiger partial charge on any atom is 0.163 e. The van der Waals surface area contributed by atoms with Crippen molar-refractivity contribution in [3.63, 3.8) is 0 Å². The molecule has 0 saturated heterocycles. The van der Waals surface area contributed by atoms with E-state index in [9.17, 15) is 0 Å². The fraction of sp³-hybridized carbons (Fsp3) is 0.0923. The molecule has 0 N–H and O–H groups in total. The Morgan fingerprint density at radius 1 is 0.426 bits per heavy atom. The molecule has 9 aromatic rings. The lowest BCUT2D eigenvalue weighted by Gasteiger charge is -2.38. The molecule has 68 heavy (non-hydrogen) atoms. The van der Waals surface area contributed by atoms with Crippen LogP contribution in [0, 0.1) is 5.92 Å². The Balaban J connectivity index is 1.04. The topological polar surface area (TPSA) is 38.7 Å². The molecule has 0 radical (unpaired) electrons. The zero-order valence-electron chi connectivity index (χ0n) is 37.8. The van der Waals surface area contributed by atoms with Crippen LogP contribution in [0.25, 0.3) is 72.9 Å². The smallest absolute Gasteiger partial charge is 0.163 e. The molecule has 4 aliphatic carbocycles. The molecule has 0 aliphatic heterocycles. The Bertz CT molecular complexity index is 3460. The van der Waals surface area contributed by atoms with Crippen molar-refractivity contribution in [2.24, 2.45) is 5.92 Å². The molecule has 8 aromatic carbocycles. The van der Waals surface area contributed by atoms with Gasteiger partial charge < -0.3 is 0 Å². The third kappa shape index (κ3) is 6.45. The number of nitrogens with zero attached hydrogens (tertiary/aromatic N) is 3. The molecule has 0 saturated carbocycles. The van der Waals surface area contributed by atoms with Crippen molar-refractivity contribution in [2.75, 3.05) is 0 Å².